The lowest BCUT2D eigenvalue weighted by molar-refractivity contribution is 0.0193. The van der Waals surface area contributed by atoms with Crippen LogP contribution in [-0.4, -0.2) is 40.8 Å². The summed E-state index contributed by atoms with van der Waals surface area (Å²) < 4.78 is 10.8. The molecule has 0 bridgehead atoms. The highest BCUT2D eigenvalue weighted by Crippen LogP contribution is 2.12. The summed E-state index contributed by atoms with van der Waals surface area (Å²) in [5.41, 5.74) is -0.494. The van der Waals surface area contributed by atoms with E-state index in [9.17, 15) is 4.79 Å². The number of rotatable bonds is 7. The van der Waals surface area contributed by atoms with Gasteiger partial charge in [0.05, 0.1) is 6.54 Å². The molecule has 0 radical (unpaired) electrons. The van der Waals surface area contributed by atoms with Crippen LogP contribution >= 0.6 is 0 Å². The summed E-state index contributed by atoms with van der Waals surface area (Å²) in [7, 11) is 0. The zero-order valence-corrected chi connectivity index (χ0v) is 14.2. The molecule has 0 saturated carbocycles. The molecule has 0 saturated heterocycles. The van der Waals surface area contributed by atoms with Crippen LogP contribution in [0.5, 0.6) is 0 Å². The van der Waals surface area contributed by atoms with Crippen LogP contribution in [0.25, 0.3) is 0 Å². The number of nitrogens with one attached hydrogen (secondary N) is 1. The van der Waals surface area contributed by atoms with E-state index >= 15 is 0 Å². The molecule has 2 N–H and O–H groups in total. The summed E-state index contributed by atoms with van der Waals surface area (Å²) in [5.74, 6) is 1.31. The van der Waals surface area contributed by atoms with Gasteiger partial charge in [-0.3, -0.25) is 0 Å². The molecular weight excluding hydrogens is 284 g/mol. The van der Waals surface area contributed by atoms with E-state index in [1.165, 1.54) is 0 Å². The topological polar surface area (TPSA) is 74.9 Å². The molecule has 6 nitrogen and oxygen atoms in total. The van der Waals surface area contributed by atoms with Gasteiger partial charge < -0.3 is 24.5 Å². The van der Waals surface area contributed by atoms with E-state index in [1.807, 2.05) is 40.7 Å². The van der Waals surface area contributed by atoms with Crippen LogP contribution in [0.2, 0.25) is 0 Å². The molecule has 1 aromatic heterocycles. The molecule has 0 spiro atoms. The van der Waals surface area contributed by atoms with Crippen LogP contribution in [0, 0.1) is 0 Å². The molecular formula is C16H28N2O4. The third kappa shape index (κ3) is 6.49. The van der Waals surface area contributed by atoms with E-state index in [0.717, 1.165) is 5.76 Å². The lowest BCUT2D eigenvalue weighted by atomic mass is 10.2. The first kappa shape index (κ1) is 18.5. The molecule has 6 heteroatoms. The third-order valence-electron chi connectivity index (χ3n) is 2.95. The monoisotopic (exact) mass is 312 g/mol. The van der Waals surface area contributed by atoms with Crippen LogP contribution in [0.3, 0.4) is 0 Å². The molecule has 0 aliphatic rings. The van der Waals surface area contributed by atoms with Gasteiger partial charge in [-0.05, 0) is 46.8 Å². The highest BCUT2D eigenvalue weighted by molar-refractivity contribution is 5.68. The first-order valence-corrected chi connectivity index (χ1v) is 7.61. The zero-order chi connectivity index (χ0) is 16.8. The normalized spacial score (nSPS) is 11.8. The predicted octanol–water partition coefficient (Wildman–Crippen LogP) is 2.51. The Morgan fingerprint density at radius 1 is 1.36 bits per heavy atom. The van der Waals surface area contributed by atoms with Crippen molar-refractivity contribution in [2.45, 2.75) is 59.4 Å². The summed E-state index contributed by atoms with van der Waals surface area (Å²) in [6.07, 6.45) is -0.301. The van der Waals surface area contributed by atoms with Crippen molar-refractivity contribution in [3.63, 3.8) is 0 Å². The number of hydrogen-bond donors (Lipinski definition) is 2. The summed E-state index contributed by atoms with van der Waals surface area (Å²) in [4.78, 5) is 13.8. The minimum Gasteiger partial charge on any atom is -0.462 e. The Morgan fingerprint density at radius 2 is 2.00 bits per heavy atom. The smallest absolute Gasteiger partial charge is 0.410 e. The number of nitrogens with zero attached hydrogens (tertiary/aromatic N) is 1. The summed E-state index contributed by atoms with van der Waals surface area (Å²) >= 11 is 0. The van der Waals surface area contributed by atoms with Gasteiger partial charge in [-0.2, -0.15) is 0 Å². The van der Waals surface area contributed by atoms with Gasteiger partial charge in [0.25, 0.3) is 0 Å². The van der Waals surface area contributed by atoms with Crippen LogP contribution in [0.15, 0.2) is 16.5 Å². The molecule has 22 heavy (non-hydrogen) atoms. The van der Waals surface area contributed by atoms with Gasteiger partial charge in [0, 0.05) is 19.1 Å². The van der Waals surface area contributed by atoms with E-state index in [0.29, 0.717) is 25.4 Å². The number of hydrogen-bond acceptors (Lipinski definition) is 5. The van der Waals surface area contributed by atoms with E-state index in [4.69, 9.17) is 14.3 Å². The Morgan fingerprint density at radius 3 is 2.50 bits per heavy atom. The lowest BCUT2D eigenvalue weighted by Crippen LogP contribution is -2.44. The van der Waals surface area contributed by atoms with Crippen LogP contribution < -0.4 is 5.32 Å². The van der Waals surface area contributed by atoms with Crippen LogP contribution in [0.4, 0.5) is 4.79 Å². The average Bonchev–Trinajstić information content (AvgIpc) is 2.83. The van der Waals surface area contributed by atoms with Crippen molar-refractivity contribution < 1.29 is 19.1 Å². The van der Waals surface area contributed by atoms with Crippen molar-refractivity contribution in [2.75, 3.05) is 13.1 Å². The second-order valence-corrected chi connectivity index (χ2v) is 6.47. The van der Waals surface area contributed by atoms with E-state index in [1.54, 1.807) is 11.0 Å². The second kappa shape index (κ2) is 8.19. The van der Waals surface area contributed by atoms with Gasteiger partial charge in [-0.1, -0.05) is 0 Å². The van der Waals surface area contributed by atoms with Gasteiger partial charge in [0.15, 0.2) is 0 Å². The predicted molar refractivity (Wildman–Crippen MR) is 84.4 cm³/mol. The number of carbonyl (C=O) groups excluding carboxylic acids is 1. The summed E-state index contributed by atoms with van der Waals surface area (Å²) in [5, 5.41) is 12.2. The maximum atomic E-state index is 12.1. The standard InChI is InChI=1S/C16H28N2O4/c1-12(2)18(15(20)22-16(3,4)5)9-8-17-10-13-6-7-14(11-19)21-13/h6-7,12,17,19H,8-11H2,1-5H3. The second-order valence-electron chi connectivity index (χ2n) is 6.47. The van der Waals surface area contributed by atoms with E-state index in [-0.39, 0.29) is 18.7 Å². The fourth-order valence-electron chi connectivity index (χ4n) is 1.89. The van der Waals surface area contributed by atoms with Gasteiger partial charge in [0.2, 0.25) is 0 Å². The van der Waals surface area contributed by atoms with E-state index < -0.39 is 5.60 Å². The Bertz CT molecular complexity index is 463. The third-order valence-corrected chi connectivity index (χ3v) is 2.95. The molecule has 0 unspecified atom stereocenters. The molecule has 126 valence electrons. The SMILES string of the molecule is CC(C)N(CCNCc1ccc(CO)o1)C(=O)OC(C)(C)C. The highest BCUT2D eigenvalue weighted by atomic mass is 16.6. The first-order chi connectivity index (χ1) is 10.2. The molecule has 0 atom stereocenters. The van der Waals surface area contributed by atoms with Crippen molar-refractivity contribution in [3.8, 4) is 0 Å². The number of ether oxygens (including phenoxy) is 1. The van der Waals surface area contributed by atoms with Crippen molar-refractivity contribution >= 4 is 6.09 Å². The first-order valence-electron chi connectivity index (χ1n) is 7.61. The number of aliphatic hydroxyl groups excluding tert-OH is 1. The zero-order valence-electron chi connectivity index (χ0n) is 14.2. The molecule has 1 rings (SSSR count). The number of amides is 1. The van der Waals surface area contributed by atoms with Gasteiger partial charge >= 0.3 is 6.09 Å². The summed E-state index contributed by atoms with van der Waals surface area (Å²) in [6, 6.07) is 3.64. The van der Waals surface area contributed by atoms with Gasteiger partial charge in [-0.15, -0.1) is 0 Å². The number of furan rings is 1. The molecule has 1 heterocycles. The van der Waals surface area contributed by atoms with E-state index in [2.05, 4.69) is 5.32 Å². The van der Waals surface area contributed by atoms with Crippen LogP contribution in [-0.2, 0) is 17.9 Å². The maximum Gasteiger partial charge on any atom is 0.410 e. The Labute approximate surface area is 132 Å². The fraction of sp³-hybridized carbons (Fsp3) is 0.688. The quantitative estimate of drug-likeness (QED) is 0.757. The van der Waals surface area contributed by atoms with Gasteiger partial charge in [-0.25, -0.2) is 4.79 Å². The average molecular weight is 312 g/mol. The van der Waals surface area contributed by atoms with Crippen LogP contribution in [0.1, 0.15) is 46.1 Å². The highest BCUT2D eigenvalue weighted by Gasteiger charge is 2.23. The largest absolute Gasteiger partial charge is 0.462 e. The minimum atomic E-state index is -0.494. The summed E-state index contributed by atoms with van der Waals surface area (Å²) in [6.45, 7) is 11.1. The van der Waals surface area contributed by atoms with Crippen molar-refractivity contribution in [3.05, 3.63) is 23.7 Å². The fourth-order valence-corrected chi connectivity index (χ4v) is 1.89. The molecule has 1 aromatic rings. The van der Waals surface area contributed by atoms with Crippen molar-refractivity contribution in [1.82, 2.24) is 10.2 Å². The maximum absolute atomic E-state index is 12.1. The van der Waals surface area contributed by atoms with Gasteiger partial charge in [0.1, 0.15) is 23.7 Å². The lowest BCUT2D eigenvalue weighted by Gasteiger charge is -2.30. The molecule has 0 aliphatic heterocycles. The minimum absolute atomic E-state index is 0.0706. The molecule has 0 aliphatic carbocycles. The van der Waals surface area contributed by atoms with Crippen molar-refractivity contribution in [1.29, 1.82) is 0 Å². The number of carbonyl (C=O) groups is 1. The van der Waals surface area contributed by atoms with Crippen molar-refractivity contribution in [2.24, 2.45) is 0 Å². The molecule has 1 amide bonds. The molecule has 0 aromatic carbocycles. The Kier molecular flexibility index (Phi) is 6.90. The Balaban J connectivity index is 2.39. The Hall–Kier alpha value is -1.53. The molecule has 0 fully saturated rings. The number of aliphatic hydroxyl groups is 1.